The van der Waals surface area contributed by atoms with Crippen LogP contribution in [0.15, 0.2) is 34.1 Å². The molecule has 2 aromatic rings. The quantitative estimate of drug-likeness (QED) is 0.657. The maximum atomic E-state index is 10.1. The van der Waals surface area contributed by atoms with Crippen molar-refractivity contribution in [1.82, 2.24) is 0 Å². The van der Waals surface area contributed by atoms with Gasteiger partial charge in [0.05, 0.1) is 5.39 Å². The van der Waals surface area contributed by atoms with Gasteiger partial charge >= 0.3 is 0 Å². The van der Waals surface area contributed by atoms with Crippen molar-refractivity contribution in [2.24, 2.45) is 5.18 Å². The zero-order valence-corrected chi connectivity index (χ0v) is 6.02. The van der Waals surface area contributed by atoms with Gasteiger partial charge in [-0.25, -0.2) is 0 Å². The van der Waals surface area contributed by atoms with Crippen LogP contribution >= 0.6 is 0 Å². The molecule has 2 rings (SSSR count). The van der Waals surface area contributed by atoms with Crippen LogP contribution in [0.2, 0.25) is 0 Å². The minimum atomic E-state index is 0.0717. The van der Waals surface area contributed by atoms with Crippen LogP contribution in [0.25, 0.3) is 11.0 Å². The number of fused-ring (bicyclic) bond motifs is 1. The van der Waals surface area contributed by atoms with Crippen LogP contribution in [0.1, 0.15) is 0 Å². The highest BCUT2D eigenvalue weighted by Crippen LogP contribution is 2.29. The molecule has 0 unspecified atom stereocenters. The number of nitrogens with zero attached hydrogens (tertiary/aromatic N) is 1. The maximum Gasteiger partial charge on any atom is 0.161 e. The average Bonchev–Trinajstić information content (AvgIpc) is 2.47. The summed E-state index contributed by atoms with van der Waals surface area (Å²) in [6.45, 7) is 0. The van der Waals surface area contributed by atoms with E-state index in [0.717, 1.165) is 0 Å². The van der Waals surface area contributed by atoms with Gasteiger partial charge in [0.2, 0.25) is 0 Å². The molecule has 0 aliphatic carbocycles. The number of furan rings is 1. The Hall–Kier alpha value is -1.84. The third kappa shape index (κ3) is 0.852. The van der Waals surface area contributed by atoms with Crippen LogP contribution in [-0.4, -0.2) is 5.11 Å². The first-order chi connectivity index (χ1) is 5.81. The summed E-state index contributed by atoms with van der Waals surface area (Å²) in [4.78, 5) is 10.1. The zero-order chi connectivity index (χ0) is 8.55. The second kappa shape index (κ2) is 2.34. The fraction of sp³-hybridized carbons (Fsp3) is 0. The van der Waals surface area contributed by atoms with Crippen molar-refractivity contribution in [3.8, 4) is 5.75 Å². The van der Waals surface area contributed by atoms with Crippen LogP contribution in [0.4, 0.5) is 5.69 Å². The van der Waals surface area contributed by atoms with Gasteiger partial charge in [-0.2, -0.15) is 0 Å². The molecule has 1 heterocycles. The number of benzene rings is 1. The molecule has 0 aliphatic rings. The summed E-state index contributed by atoms with van der Waals surface area (Å²) in [5.74, 6) is 0.0717. The minimum Gasteiger partial charge on any atom is -0.504 e. The van der Waals surface area contributed by atoms with Crippen molar-refractivity contribution in [2.45, 2.75) is 0 Å². The summed E-state index contributed by atoms with van der Waals surface area (Å²) in [7, 11) is 0. The first kappa shape index (κ1) is 6.84. The largest absolute Gasteiger partial charge is 0.504 e. The summed E-state index contributed by atoms with van der Waals surface area (Å²) in [5, 5.41) is 12.5. The molecule has 0 amide bonds. The summed E-state index contributed by atoms with van der Waals surface area (Å²) in [6, 6.07) is 4.58. The molecule has 4 heteroatoms. The average molecular weight is 163 g/mol. The fourth-order valence-corrected chi connectivity index (χ4v) is 1.06. The molecule has 1 N–H and O–H groups in total. The molecule has 0 saturated carbocycles. The Bertz CT molecular complexity index is 433. The molecule has 0 radical (unpaired) electrons. The van der Waals surface area contributed by atoms with Gasteiger partial charge in [0.25, 0.3) is 0 Å². The van der Waals surface area contributed by atoms with Gasteiger partial charge in [0.15, 0.2) is 5.75 Å². The van der Waals surface area contributed by atoms with Crippen LogP contribution in [0, 0.1) is 4.91 Å². The molecule has 0 spiro atoms. The van der Waals surface area contributed by atoms with Crippen molar-refractivity contribution in [2.75, 3.05) is 0 Å². The summed E-state index contributed by atoms with van der Waals surface area (Å²) in [6.07, 6.45) is 1.22. The number of rotatable bonds is 1. The lowest BCUT2D eigenvalue weighted by Crippen LogP contribution is -1.64. The minimum absolute atomic E-state index is 0.0717. The molecule has 1 aromatic carbocycles. The zero-order valence-electron chi connectivity index (χ0n) is 6.02. The predicted molar refractivity (Wildman–Crippen MR) is 43.3 cm³/mol. The van der Waals surface area contributed by atoms with E-state index >= 15 is 0 Å². The van der Waals surface area contributed by atoms with Gasteiger partial charge in [-0.3, -0.25) is 0 Å². The monoisotopic (exact) mass is 163 g/mol. The molecule has 0 bridgehead atoms. The number of hydrogen-bond donors (Lipinski definition) is 1. The Kier molecular flexibility index (Phi) is 1.33. The van der Waals surface area contributed by atoms with Gasteiger partial charge in [-0.1, -0.05) is 0 Å². The molecule has 12 heavy (non-hydrogen) atoms. The van der Waals surface area contributed by atoms with Crippen molar-refractivity contribution in [3.63, 3.8) is 0 Å². The lowest BCUT2D eigenvalue weighted by molar-refractivity contribution is 0.464. The van der Waals surface area contributed by atoms with E-state index in [1.54, 1.807) is 6.07 Å². The molecule has 0 saturated heterocycles. The lowest BCUT2D eigenvalue weighted by atomic mass is 10.2. The number of hydrogen-bond acceptors (Lipinski definition) is 4. The smallest absolute Gasteiger partial charge is 0.161 e. The predicted octanol–water partition coefficient (Wildman–Crippen LogP) is 2.54. The van der Waals surface area contributed by atoms with Crippen molar-refractivity contribution >= 4 is 16.7 Å². The fourth-order valence-electron chi connectivity index (χ4n) is 1.06. The summed E-state index contributed by atoms with van der Waals surface area (Å²) in [5.41, 5.74) is 0.751. The molecule has 4 nitrogen and oxygen atoms in total. The van der Waals surface area contributed by atoms with Gasteiger partial charge in [0.1, 0.15) is 17.5 Å². The Balaban J connectivity index is 2.77. The van der Waals surface area contributed by atoms with E-state index in [4.69, 9.17) is 4.42 Å². The van der Waals surface area contributed by atoms with Crippen molar-refractivity contribution in [1.29, 1.82) is 0 Å². The third-order valence-electron chi connectivity index (χ3n) is 1.64. The standard InChI is InChI=1S/C8H5NO3/c10-7-4-12-8-3-5(9-11)1-2-6(7)8/h1-4,10H. The Morgan fingerprint density at radius 1 is 1.42 bits per heavy atom. The molecule has 0 fully saturated rings. The van der Waals surface area contributed by atoms with Crippen LogP contribution < -0.4 is 0 Å². The van der Waals surface area contributed by atoms with E-state index < -0.39 is 0 Å². The van der Waals surface area contributed by atoms with E-state index in [2.05, 4.69) is 5.18 Å². The van der Waals surface area contributed by atoms with E-state index in [-0.39, 0.29) is 11.4 Å². The van der Waals surface area contributed by atoms with Crippen LogP contribution in [-0.2, 0) is 0 Å². The van der Waals surface area contributed by atoms with Gasteiger partial charge in [-0.15, -0.1) is 4.91 Å². The Labute approximate surface area is 67.4 Å². The van der Waals surface area contributed by atoms with Crippen molar-refractivity contribution < 1.29 is 9.52 Å². The lowest BCUT2D eigenvalue weighted by Gasteiger charge is -1.88. The van der Waals surface area contributed by atoms with Crippen LogP contribution in [0.5, 0.6) is 5.75 Å². The molecule has 60 valence electrons. The molecule has 0 aliphatic heterocycles. The van der Waals surface area contributed by atoms with Crippen molar-refractivity contribution in [3.05, 3.63) is 29.4 Å². The van der Waals surface area contributed by atoms with E-state index in [1.807, 2.05) is 0 Å². The topological polar surface area (TPSA) is 62.8 Å². The molecule has 1 aromatic heterocycles. The second-order valence-electron chi connectivity index (χ2n) is 2.39. The van der Waals surface area contributed by atoms with Crippen LogP contribution in [0.3, 0.4) is 0 Å². The van der Waals surface area contributed by atoms with E-state index in [1.165, 1.54) is 18.4 Å². The highest BCUT2D eigenvalue weighted by molar-refractivity contribution is 5.85. The summed E-state index contributed by atoms with van der Waals surface area (Å²) >= 11 is 0. The highest BCUT2D eigenvalue weighted by atomic mass is 16.4. The summed E-state index contributed by atoms with van der Waals surface area (Å²) < 4.78 is 4.94. The SMILES string of the molecule is O=Nc1ccc2c(O)coc2c1. The van der Waals surface area contributed by atoms with Gasteiger partial charge < -0.3 is 9.52 Å². The molecule has 0 atom stereocenters. The van der Waals surface area contributed by atoms with E-state index in [0.29, 0.717) is 11.0 Å². The molecular weight excluding hydrogens is 158 g/mol. The maximum absolute atomic E-state index is 10.1. The Morgan fingerprint density at radius 2 is 2.25 bits per heavy atom. The number of nitroso groups, excluding NO2 is 1. The number of aromatic hydroxyl groups is 1. The highest BCUT2D eigenvalue weighted by Gasteiger charge is 2.04. The third-order valence-corrected chi connectivity index (χ3v) is 1.64. The van der Waals surface area contributed by atoms with E-state index in [9.17, 15) is 10.0 Å². The van der Waals surface area contributed by atoms with Gasteiger partial charge in [-0.05, 0) is 17.3 Å². The molecular formula is C8H5NO3. The first-order valence-corrected chi connectivity index (χ1v) is 3.35. The second-order valence-corrected chi connectivity index (χ2v) is 2.39. The first-order valence-electron chi connectivity index (χ1n) is 3.35. The Morgan fingerprint density at radius 3 is 3.00 bits per heavy atom. The van der Waals surface area contributed by atoms with Gasteiger partial charge in [0, 0.05) is 6.07 Å². The normalized spacial score (nSPS) is 10.3.